The molecule has 130 valence electrons. The van der Waals surface area contributed by atoms with Crippen LogP contribution in [0.3, 0.4) is 0 Å². The quantitative estimate of drug-likeness (QED) is 0.715. The minimum Gasteiger partial charge on any atom is -0.493 e. The zero-order valence-corrected chi connectivity index (χ0v) is 14.7. The Bertz CT molecular complexity index is 870. The smallest absolute Gasteiger partial charge is 0.183 e. The van der Waals surface area contributed by atoms with E-state index in [2.05, 4.69) is 4.98 Å². The molecule has 0 radical (unpaired) electrons. The SMILES string of the molecule is COc1cc(-c2ncoc2-c2ccc(N(C)C)cc2)cc(N)c1OC. The largest absolute Gasteiger partial charge is 0.493 e. The predicted octanol–water partition coefficient (Wildman–Crippen LogP) is 3.67. The van der Waals surface area contributed by atoms with Crippen LogP contribution in [0.25, 0.3) is 22.6 Å². The Hall–Kier alpha value is -3.15. The lowest BCUT2D eigenvalue weighted by Gasteiger charge is -2.13. The molecule has 0 saturated carbocycles. The Morgan fingerprint density at radius 3 is 2.32 bits per heavy atom. The van der Waals surface area contributed by atoms with Crippen molar-refractivity contribution in [3.63, 3.8) is 0 Å². The summed E-state index contributed by atoms with van der Waals surface area (Å²) in [4.78, 5) is 6.41. The van der Waals surface area contributed by atoms with Crippen molar-refractivity contribution in [2.24, 2.45) is 0 Å². The number of hydrogen-bond donors (Lipinski definition) is 1. The van der Waals surface area contributed by atoms with Crippen molar-refractivity contribution < 1.29 is 13.9 Å². The van der Waals surface area contributed by atoms with Gasteiger partial charge in [-0.05, 0) is 36.4 Å². The third kappa shape index (κ3) is 3.10. The first kappa shape index (κ1) is 16.7. The number of nitrogens with zero attached hydrogens (tertiary/aromatic N) is 2. The maximum atomic E-state index is 6.09. The number of aromatic nitrogens is 1. The maximum absolute atomic E-state index is 6.09. The standard InChI is InChI=1S/C19H21N3O3/c1-22(2)14-7-5-12(6-8-14)18-17(21-11-25-18)13-9-15(20)19(24-4)16(10-13)23-3/h5-11H,20H2,1-4H3. The van der Waals surface area contributed by atoms with Gasteiger partial charge >= 0.3 is 0 Å². The highest BCUT2D eigenvalue weighted by atomic mass is 16.5. The predicted molar refractivity (Wildman–Crippen MR) is 99.2 cm³/mol. The van der Waals surface area contributed by atoms with Gasteiger partial charge in [0.25, 0.3) is 0 Å². The lowest BCUT2D eigenvalue weighted by atomic mass is 10.0. The highest BCUT2D eigenvalue weighted by Crippen LogP contribution is 2.40. The van der Waals surface area contributed by atoms with Crippen molar-refractivity contribution in [1.29, 1.82) is 0 Å². The number of ether oxygens (including phenoxy) is 2. The summed E-state index contributed by atoms with van der Waals surface area (Å²) in [6.45, 7) is 0. The maximum Gasteiger partial charge on any atom is 0.183 e. The van der Waals surface area contributed by atoms with Crippen molar-refractivity contribution in [3.8, 4) is 34.1 Å². The molecule has 0 aliphatic carbocycles. The Morgan fingerprint density at radius 2 is 1.72 bits per heavy atom. The summed E-state index contributed by atoms with van der Waals surface area (Å²) >= 11 is 0. The van der Waals surface area contributed by atoms with E-state index in [1.807, 2.05) is 49.3 Å². The minimum absolute atomic E-state index is 0.480. The van der Waals surface area contributed by atoms with Crippen LogP contribution >= 0.6 is 0 Å². The molecule has 0 aliphatic heterocycles. The molecule has 6 heteroatoms. The van der Waals surface area contributed by atoms with Crippen molar-refractivity contribution in [1.82, 2.24) is 4.98 Å². The molecule has 1 aromatic heterocycles. The number of nitrogens with two attached hydrogens (primary N) is 1. The average molecular weight is 339 g/mol. The Morgan fingerprint density at radius 1 is 1.00 bits per heavy atom. The van der Waals surface area contributed by atoms with E-state index in [1.54, 1.807) is 20.3 Å². The second-order valence-electron chi connectivity index (χ2n) is 5.77. The molecule has 1 heterocycles. The van der Waals surface area contributed by atoms with Crippen molar-refractivity contribution in [2.45, 2.75) is 0 Å². The normalized spacial score (nSPS) is 10.6. The van der Waals surface area contributed by atoms with Crippen LogP contribution in [0.1, 0.15) is 0 Å². The van der Waals surface area contributed by atoms with Gasteiger partial charge in [-0.2, -0.15) is 0 Å². The summed E-state index contributed by atoms with van der Waals surface area (Å²) in [5.41, 5.74) is 10.1. The summed E-state index contributed by atoms with van der Waals surface area (Å²) in [5.74, 6) is 1.73. The summed E-state index contributed by atoms with van der Waals surface area (Å²) in [6.07, 6.45) is 1.43. The van der Waals surface area contributed by atoms with Gasteiger partial charge in [0.1, 0.15) is 5.69 Å². The van der Waals surface area contributed by atoms with Gasteiger partial charge in [-0.15, -0.1) is 0 Å². The van der Waals surface area contributed by atoms with Gasteiger partial charge in [-0.1, -0.05) is 0 Å². The van der Waals surface area contributed by atoms with Crippen LogP contribution in [-0.2, 0) is 0 Å². The van der Waals surface area contributed by atoms with Gasteiger partial charge in [0, 0.05) is 30.9 Å². The number of rotatable bonds is 5. The number of methoxy groups -OCH3 is 2. The molecular weight excluding hydrogens is 318 g/mol. The number of nitrogen functional groups attached to an aromatic ring is 1. The first-order chi connectivity index (χ1) is 12.0. The van der Waals surface area contributed by atoms with Gasteiger partial charge in [0.2, 0.25) is 0 Å². The number of hydrogen-bond acceptors (Lipinski definition) is 6. The number of oxazole rings is 1. The summed E-state index contributed by atoms with van der Waals surface area (Å²) < 4.78 is 16.3. The molecule has 0 saturated heterocycles. The first-order valence-corrected chi connectivity index (χ1v) is 7.78. The molecule has 3 rings (SSSR count). The van der Waals surface area contributed by atoms with Crippen LogP contribution in [0.2, 0.25) is 0 Å². The second kappa shape index (κ2) is 6.76. The number of anilines is 2. The van der Waals surface area contributed by atoms with Crippen LogP contribution in [0.5, 0.6) is 11.5 Å². The van der Waals surface area contributed by atoms with Gasteiger partial charge < -0.3 is 24.5 Å². The van der Waals surface area contributed by atoms with Gasteiger partial charge in [0.05, 0.1) is 19.9 Å². The first-order valence-electron chi connectivity index (χ1n) is 7.78. The van der Waals surface area contributed by atoms with Crippen molar-refractivity contribution >= 4 is 11.4 Å². The summed E-state index contributed by atoms with van der Waals surface area (Å²) in [6, 6.07) is 11.7. The van der Waals surface area contributed by atoms with Gasteiger partial charge in [0.15, 0.2) is 23.7 Å². The van der Waals surface area contributed by atoms with Crippen LogP contribution in [0, 0.1) is 0 Å². The molecule has 6 nitrogen and oxygen atoms in total. The van der Waals surface area contributed by atoms with E-state index in [-0.39, 0.29) is 0 Å². The highest BCUT2D eigenvalue weighted by molar-refractivity contribution is 5.81. The molecule has 25 heavy (non-hydrogen) atoms. The Kier molecular flexibility index (Phi) is 4.52. The van der Waals surface area contributed by atoms with Crippen molar-refractivity contribution in [3.05, 3.63) is 42.8 Å². The highest BCUT2D eigenvalue weighted by Gasteiger charge is 2.17. The summed E-state index contributed by atoms with van der Waals surface area (Å²) in [7, 11) is 7.13. The van der Waals surface area contributed by atoms with Crippen LogP contribution in [0.4, 0.5) is 11.4 Å². The zero-order valence-electron chi connectivity index (χ0n) is 14.7. The summed E-state index contributed by atoms with van der Waals surface area (Å²) in [5, 5.41) is 0. The van der Waals surface area contributed by atoms with E-state index in [1.165, 1.54) is 6.39 Å². The minimum atomic E-state index is 0.480. The van der Waals surface area contributed by atoms with E-state index in [0.29, 0.717) is 28.6 Å². The molecule has 0 aliphatic rings. The fourth-order valence-corrected chi connectivity index (χ4v) is 2.70. The lowest BCUT2D eigenvalue weighted by molar-refractivity contribution is 0.356. The molecule has 0 unspecified atom stereocenters. The third-order valence-electron chi connectivity index (χ3n) is 3.99. The number of benzene rings is 2. The molecule has 0 amide bonds. The Labute approximate surface area is 146 Å². The fraction of sp³-hybridized carbons (Fsp3) is 0.211. The molecule has 3 aromatic rings. The van der Waals surface area contributed by atoms with Crippen LogP contribution in [0.15, 0.2) is 47.2 Å². The molecule has 0 spiro atoms. The third-order valence-corrected chi connectivity index (χ3v) is 3.99. The van der Waals surface area contributed by atoms with Crippen LogP contribution < -0.4 is 20.1 Å². The van der Waals surface area contributed by atoms with Gasteiger partial charge in [-0.3, -0.25) is 0 Å². The molecule has 0 bridgehead atoms. The molecule has 2 N–H and O–H groups in total. The van der Waals surface area contributed by atoms with Crippen LogP contribution in [-0.4, -0.2) is 33.3 Å². The second-order valence-corrected chi connectivity index (χ2v) is 5.77. The van der Waals surface area contributed by atoms with E-state index >= 15 is 0 Å². The lowest BCUT2D eigenvalue weighted by Crippen LogP contribution is -2.07. The van der Waals surface area contributed by atoms with E-state index in [4.69, 9.17) is 19.6 Å². The van der Waals surface area contributed by atoms with E-state index in [0.717, 1.165) is 16.8 Å². The molecule has 0 fully saturated rings. The Balaban J connectivity index is 2.06. The van der Waals surface area contributed by atoms with Crippen molar-refractivity contribution in [2.75, 3.05) is 38.9 Å². The zero-order chi connectivity index (χ0) is 18.0. The average Bonchev–Trinajstić information content (AvgIpc) is 3.10. The van der Waals surface area contributed by atoms with E-state index < -0.39 is 0 Å². The topological polar surface area (TPSA) is 73.8 Å². The molecule has 2 aromatic carbocycles. The van der Waals surface area contributed by atoms with Gasteiger partial charge in [-0.25, -0.2) is 4.98 Å². The van der Waals surface area contributed by atoms with E-state index in [9.17, 15) is 0 Å². The monoisotopic (exact) mass is 339 g/mol. The molecule has 0 atom stereocenters. The molecular formula is C19H21N3O3. The fourth-order valence-electron chi connectivity index (χ4n) is 2.70.